The SMILES string of the molecule is O=C1C=CCCC12OC2O. The van der Waals surface area contributed by atoms with Crippen LogP contribution in [0.5, 0.6) is 0 Å². The molecule has 54 valence electrons. The molecule has 0 bridgehead atoms. The van der Waals surface area contributed by atoms with Gasteiger partial charge in [0, 0.05) is 0 Å². The van der Waals surface area contributed by atoms with Crippen molar-refractivity contribution in [1.82, 2.24) is 0 Å². The predicted octanol–water partition coefficient (Wildman–Crippen LogP) is -0.00710. The summed E-state index contributed by atoms with van der Waals surface area (Å²) in [5, 5.41) is 8.94. The molecular weight excluding hydrogens is 132 g/mol. The van der Waals surface area contributed by atoms with Crippen LogP contribution in [0.3, 0.4) is 0 Å². The Bertz CT molecular complexity index is 209. The van der Waals surface area contributed by atoms with Crippen molar-refractivity contribution in [1.29, 1.82) is 0 Å². The molecule has 10 heavy (non-hydrogen) atoms. The van der Waals surface area contributed by atoms with Crippen LogP contribution < -0.4 is 0 Å². The van der Waals surface area contributed by atoms with Crippen molar-refractivity contribution in [2.24, 2.45) is 0 Å². The average Bonchev–Trinajstić information content (AvgIpc) is 2.53. The van der Waals surface area contributed by atoms with E-state index in [1.165, 1.54) is 6.08 Å². The van der Waals surface area contributed by atoms with E-state index < -0.39 is 11.9 Å². The minimum absolute atomic E-state index is 0.0914. The monoisotopic (exact) mass is 140 g/mol. The second-order valence-electron chi connectivity index (χ2n) is 2.66. The molecule has 1 spiro atoms. The maximum absolute atomic E-state index is 11.0. The fourth-order valence-electron chi connectivity index (χ4n) is 1.28. The van der Waals surface area contributed by atoms with Gasteiger partial charge < -0.3 is 9.84 Å². The van der Waals surface area contributed by atoms with Crippen LogP contribution in [0.15, 0.2) is 12.2 Å². The summed E-state index contributed by atoms with van der Waals surface area (Å²) >= 11 is 0. The van der Waals surface area contributed by atoms with Gasteiger partial charge in [0.1, 0.15) is 0 Å². The number of aliphatic hydroxyl groups is 1. The van der Waals surface area contributed by atoms with Crippen LogP contribution in [0.2, 0.25) is 0 Å². The summed E-state index contributed by atoms with van der Waals surface area (Å²) in [6.07, 6.45) is 3.90. The van der Waals surface area contributed by atoms with E-state index in [2.05, 4.69) is 0 Å². The lowest BCUT2D eigenvalue weighted by Gasteiger charge is -2.09. The maximum Gasteiger partial charge on any atom is 0.193 e. The first-order valence-corrected chi connectivity index (χ1v) is 3.32. The molecule has 1 N–H and O–H groups in total. The van der Waals surface area contributed by atoms with Gasteiger partial charge in [-0.2, -0.15) is 0 Å². The van der Waals surface area contributed by atoms with Crippen molar-refractivity contribution >= 4 is 5.78 Å². The van der Waals surface area contributed by atoms with Gasteiger partial charge in [-0.15, -0.1) is 0 Å². The first kappa shape index (κ1) is 6.07. The Hall–Kier alpha value is -0.670. The molecule has 1 saturated heterocycles. The Kier molecular flexibility index (Phi) is 1.02. The van der Waals surface area contributed by atoms with E-state index in [9.17, 15) is 4.79 Å². The van der Waals surface area contributed by atoms with Gasteiger partial charge in [0.25, 0.3) is 0 Å². The summed E-state index contributed by atoms with van der Waals surface area (Å²) in [6, 6.07) is 0. The van der Waals surface area contributed by atoms with Crippen LogP contribution in [-0.2, 0) is 9.53 Å². The van der Waals surface area contributed by atoms with Gasteiger partial charge in [-0.05, 0) is 18.9 Å². The highest BCUT2D eigenvalue weighted by Gasteiger charge is 2.61. The van der Waals surface area contributed by atoms with E-state index in [-0.39, 0.29) is 5.78 Å². The van der Waals surface area contributed by atoms with Crippen LogP contribution in [0.25, 0.3) is 0 Å². The molecule has 2 rings (SSSR count). The molecule has 2 aliphatic rings. The van der Waals surface area contributed by atoms with E-state index in [0.717, 1.165) is 6.42 Å². The topological polar surface area (TPSA) is 49.8 Å². The zero-order valence-electron chi connectivity index (χ0n) is 5.41. The number of hydrogen-bond acceptors (Lipinski definition) is 3. The fraction of sp³-hybridized carbons (Fsp3) is 0.571. The highest BCUT2D eigenvalue weighted by molar-refractivity contribution is 6.00. The predicted molar refractivity (Wildman–Crippen MR) is 33.2 cm³/mol. The molecule has 0 radical (unpaired) electrons. The van der Waals surface area contributed by atoms with Gasteiger partial charge in [-0.1, -0.05) is 6.08 Å². The molecule has 2 atom stereocenters. The molecule has 0 aromatic rings. The van der Waals surface area contributed by atoms with Gasteiger partial charge >= 0.3 is 0 Å². The first-order valence-electron chi connectivity index (χ1n) is 3.32. The summed E-state index contributed by atoms with van der Waals surface area (Å²) in [7, 11) is 0. The Morgan fingerprint density at radius 3 is 2.90 bits per heavy atom. The number of aliphatic hydroxyl groups excluding tert-OH is 1. The Labute approximate surface area is 58.3 Å². The lowest BCUT2D eigenvalue weighted by Crippen LogP contribution is -2.27. The number of hydrogen-bond donors (Lipinski definition) is 1. The fourth-order valence-corrected chi connectivity index (χ4v) is 1.28. The van der Waals surface area contributed by atoms with Crippen molar-refractivity contribution < 1.29 is 14.6 Å². The van der Waals surface area contributed by atoms with Crippen molar-refractivity contribution in [3.8, 4) is 0 Å². The number of ether oxygens (including phenoxy) is 1. The quantitative estimate of drug-likeness (QED) is 0.481. The lowest BCUT2D eigenvalue weighted by atomic mass is 9.93. The highest BCUT2D eigenvalue weighted by atomic mass is 16.7. The Morgan fingerprint density at radius 1 is 1.80 bits per heavy atom. The van der Waals surface area contributed by atoms with E-state index in [1.54, 1.807) is 0 Å². The van der Waals surface area contributed by atoms with Crippen molar-refractivity contribution in [2.45, 2.75) is 24.7 Å². The third kappa shape index (κ3) is 0.589. The highest BCUT2D eigenvalue weighted by Crippen LogP contribution is 2.42. The molecule has 1 aliphatic carbocycles. The number of allylic oxidation sites excluding steroid dienone is 1. The molecule has 3 heteroatoms. The van der Waals surface area contributed by atoms with E-state index in [1.807, 2.05) is 6.08 Å². The van der Waals surface area contributed by atoms with Crippen LogP contribution in [0.4, 0.5) is 0 Å². The third-order valence-electron chi connectivity index (χ3n) is 2.03. The summed E-state index contributed by atoms with van der Waals surface area (Å²) in [6.45, 7) is 0. The maximum atomic E-state index is 11.0. The minimum Gasteiger partial charge on any atom is -0.365 e. The molecule has 0 aromatic carbocycles. The zero-order chi connectivity index (χ0) is 7.19. The lowest BCUT2D eigenvalue weighted by molar-refractivity contribution is -0.120. The van der Waals surface area contributed by atoms with Crippen molar-refractivity contribution in [3.05, 3.63) is 12.2 Å². The number of ketones is 1. The summed E-state index contributed by atoms with van der Waals surface area (Å²) in [4.78, 5) is 11.0. The molecule has 3 nitrogen and oxygen atoms in total. The van der Waals surface area contributed by atoms with E-state index >= 15 is 0 Å². The zero-order valence-corrected chi connectivity index (χ0v) is 5.41. The van der Waals surface area contributed by atoms with E-state index in [4.69, 9.17) is 9.84 Å². The number of carbonyl (C=O) groups excluding carboxylic acids is 1. The first-order chi connectivity index (χ1) is 4.76. The molecule has 0 aromatic heterocycles. The second-order valence-corrected chi connectivity index (χ2v) is 2.66. The summed E-state index contributed by atoms with van der Waals surface area (Å²) in [5.41, 5.74) is -0.825. The van der Waals surface area contributed by atoms with E-state index in [0.29, 0.717) is 6.42 Å². The summed E-state index contributed by atoms with van der Waals surface area (Å²) in [5.74, 6) is -0.0914. The summed E-state index contributed by atoms with van der Waals surface area (Å²) < 4.78 is 4.81. The second kappa shape index (κ2) is 1.68. The van der Waals surface area contributed by atoms with Gasteiger partial charge in [0.15, 0.2) is 17.7 Å². The number of rotatable bonds is 0. The van der Waals surface area contributed by atoms with Crippen LogP contribution in [0, 0.1) is 0 Å². The Balaban J connectivity index is 2.25. The average molecular weight is 140 g/mol. The normalized spacial score (nSPS) is 44.5. The molecule has 1 fully saturated rings. The molecular formula is C7H8O3. The van der Waals surface area contributed by atoms with Gasteiger partial charge in [0.05, 0.1) is 0 Å². The molecule has 1 aliphatic heterocycles. The Morgan fingerprint density at radius 2 is 2.50 bits per heavy atom. The minimum atomic E-state index is -0.843. The van der Waals surface area contributed by atoms with Gasteiger partial charge in [-0.3, -0.25) is 4.79 Å². The standard InChI is InChI=1S/C7H8O3/c8-5-3-1-2-4-7(5)6(9)10-7/h1,3,6,9H,2,4H2. The number of epoxide rings is 1. The largest absolute Gasteiger partial charge is 0.365 e. The van der Waals surface area contributed by atoms with Gasteiger partial charge in [-0.25, -0.2) is 0 Å². The van der Waals surface area contributed by atoms with Crippen LogP contribution >= 0.6 is 0 Å². The molecule has 0 amide bonds. The molecule has 0 saturated carbocycles. The van der Waals surface area contributed by atoms with Crippen molar-refractivity contribution in [3.63, 3.8) is 0 Å². The molecule has 2 unspecified atom stereocenters. The van der Waals surface area contributed by atoms with Crippen LogP contribution in [0.1, 0.15) is 12.8 Å². The van der Waals surface area contributed by atoms with Crippen molar-refractivity contribution in [2.75, 3.05) is 0 Å². The smallest absolute Gasteiger partial charge is 0.193 e. The number of carbonyl (C=O) groups is 1. The van der Waals surface area contributed by atoms with Crippen LogP contribution in [-0.4, -0.2) is 22.8 Å². The molecule has 1 heterocycles. The van der Waals surface area contributed by atoms with Gasteiger partial charge in [0.2, 0.25) is 0 Å². The third-order valence-corrected chi connectivity index (χ3v) is 2.03.